The van der Waals surface area contributed by atoms with E-state index in [0.717, 1.165) is 25.9 Å². The molecule has 4 heteroatoms. The van der Waals surface area contributed by atoms with E-state index in [-0.39, 0.29) is 0 Å². The fourth-order valence-electron chi connectivity index (χ4n) is 2.00. The largest absolute Gasteiger partial charge is 0.330 e. The lowest BCUT2D eigenvalue weighted by Gasteiger charge is -2.31. The highest BCUT2D eigenvalue weighted by molar-refractivity contribution is 5.23. The maximum atomic E-state index is 5.59. The van der Waals surface area contributed by atoms with E-state index in [4.69, 9.17) is 5.73 Å². The maximum Gasteiger partial charge on any atom is 0.0556 e. The van der Waals surface area contributed by atoms with Crippen molar-refractivity contribution < 1.29 is 0 Å². The lowest BCUT2D eigenvalue weighted by molar-refractivity contribution is 0.217. The molecule has 0 saturated carbocycles. The van der Waals surface area contributed by atoms with E-state index in [1.165, 1.54) is 11.3 Å². The predicted molar refractivity (Wildman–Crippen MR) is 51.3 cm³/mol. The van der Waals surface area contributed by atoms with Crippen molar-refractivity contribution in [1.29, 1.82) is 0 Å². The Balaban J connectivity index is 2.25. The molecule has 0 saturated heterocycles. The van der Waals surface area contributed by atoms with Crippen LogP contribution in [0.3, 0.4) is 0 Å². The molecule has 0 radical (unpaired) electrons. The van der Waals surface area contributed by atoms with E-state index in [0.29, 0.717) is 6.04 Å². The van der Waals surface area contributed by atoms with Gasteiger partial charge in [-0.1, -0.05) is 0 Å². The van der Waals surface area contributed by atoms with Gasteiger partial charge in [0, 0.05) is 6.54 Å². The summed E-state index contributed by atoms with van der Waals surface area (Å²) in [5.41, 5.74) is 8.21. The quantitative estimate of drug-likeness (QED) is 0.687. The van der Waals surface area contributed by atoms with Crippen molar-refractivity contribution in [2.75, 3.05) is 20.1 Å². The SMILES string of the molecule is CN1CCc2cn[nH]c2C1CCN. The van der Waals surface area contributed by atoms with E-state index in [1.807, 2.05) is 6.20 Å². The standard InChI is InChI=1S/C9H16N4/c1-13-5-3-7-6-11-12-9(7)8(13)2-4-10/h6,8H,2-5,10H2,1H3,(H,11,12). The average Bonchev–Trinajstić information content (AvgIpc) is 2.58. The van der Waals surface area contributed by atoms with Gasteiger partial charge in [-0.25, -0.2) is 0 Å². The van der Waals surface area contributed by atoms with Crippen molar-refractivity contribution in [3.63, 3.8) is 0 Å². The molecule has 1 aliphatic heterocycles. The summed E-state index contributed by atoms with van der Waals surface area (Å²) in [4.78, 5) is 2.34. The summed E-state index contributed by atoms with van der Waals surface area (Å²) in [6.07, 6.45) is 4.04. The fraction of sp³-hybridized carbons (Fsp3) is 0.667. The molecular weight excluding hydrogens is 164 g/mol. The zero-order valence-electron chi connectivity index (χ0n) is 7.95. The number of nitrogens with two attached hydrogens (primary N) is 1. The van der Waals surface area contributed by atoms with Crippen molar-refractivity contribution in [2.45, 2.75) is 18.9 Å². The Bertz CT molecular complexity index is 281. The number of aromatic amines is 1. The van der Waals surface area contributed by atoms with E-state index in [9.17, 15) is 0 Å². The number of H-pyrrole nitrogens is 1. The second kappa shape index (κ2) is 3.47. The number of hydrogen-bond donors (Lipinski definition) is 2. The molecule has 1 atom stereocenters. The third kappa shape index (κ3) is 1.47. The molecule has 2 heterocycles. The van der Waals surface area contributed by atoms with Gasteiger partial charge in [0.25, 0.3) is 0 Å². The lowest BCUT2D eigenvalue weighted by Crippen LogP contribution is -2.33. The topological polar surface area (TPSA) is 57.9 Å². The van der Waals surface area contributed by atoms with Crippen LogP contribution >= 0.6 is 0 Å². The van der Waals surface area contributed by atoms with Crippen LogP contribution in [0.5, 0.6) is 0 Å². The average molecular weight is 180 g/mol. The molecule has 0 fully saturated rings. The number of likely N-dealkylation sites (N-methyl/N-ethyl adjacent to an activating group) is 1. The molecule has 0 bridgehead atoms. The summed E-state index contributed by atoms with van der Waals surface area (Å²) in [6, 6.07) is 0.441. The molecular formula is C9H16N4. The van der Waals surface area contributed by atoms with Crippen LogP contribution in [0.4, 0.5) is 0 Å². The predicted octanol–water partition coefficient (Wildman–Crippen LogP) is 0.287. The summed E-state index contributed by atoms with van der Waals surface area (Å²) in [7, 11) is 2.14. The molecule has 0 aliphatic carbocycles. The molecule has 2 rings (SSSR count). The Morgan fingerprint density at radius 1 is 1.77 bits per heavy atom. The Morgan fingerprint density at radius 3 is 3.38 bits per heavy atom. The van der Waals surface area contributed by atoms with Gasteiger partial charge in [0.1, 0.15) is 0 Å². The van der Waals surface area contributed by atoms with Crippen LogP contribution in [0.1, 0.15) is 23.7 Å². The molecule has 3 N–H and O–H groups in total. The highest BCUT2D eigenvalue weighted by Gasteiger charge is 2.25. The summed E-state index contributed by atoms with van der Waals surface area (Å²) >= 11 is 0. The number of nitrogens with zero attached hydrogens (tertiary/aromatic N) is 2. The highest BCUT2D eigenvalue weighted by Crippen LogP contribution is 2.28. The summed E-state index contributed by atoms with van der Waals surface area (Å²) < 4.78 is 0. The summed E-state index contributed by atoms with van der Waals surface area (Å²) in [5, 5.41) is 7.15. The number of nitrogens with one attached hydrogen (secondary N) is 1. The van der Waals surface area contributed by atoms with Crippen LogP contribution < -0.4 is 5.73 Å². The molecule has 0 spiro atoms. The molecule has 1 aromatic heterocycles. The zero-order chi connectivity index (χ0) is 9.26. The zero-order valence-corrected chi connectivity index (χ0v) is 7.95. The molecule has 1 unspecified atom stereocenters. The first-order valence-electron chi connectivity index (χ1n) is 4.75. The Labute approximate surface area is 78.1 Å². The van der Waals surface area contributed by atoms with Crippen LogP contribution in [0.15, 0.2) is 6.20 Å². The molecule has 4 nitrogen and oxygen atoms in total. The van der Waals surface area contributed by atoms with Gasteiger partial charge >= 0.3 is 0 Å². The number of hydrogen-bond acceptors (Lipinski definition) is 3. The van der Waals surface area contributed by atoms with Gasteiger partial charge in [-0.05, 0) is 32.0 Å². The number of rotatable bonds is 2. The molecule has 1 aliphatic rings. The molecule has 1 aromatic rings. The minimum absolute atomic E-state index is 0.441. The third-order valence-electron chi connectivity index (χ3n) is 2.79. The second-order valence-electron chi connectivity index (χ2n) is 3.63. The van der Waals surface area contributed by atoms with Crippen LogP contribution in [0.2, 0.25) is 0 Å². The first-order chi connectivity index (χ1) is 6.33. The molecule has 0 amide bonds. The fourth-order valence-corrected chi connectivity index (χ4v) is 2.00. The highest BCUT2D eigenvalue weighted by atomic mass is 15.2. The monoisotopic (exact) mass is 180 g/mol. The van der Waals surface area contributed by atoms with Crippen LogP contribution in [-0.4, -0.2) is 35.2 Å². The van der Waals surface area contributed by atoms with Crippen molar-refractivity contribution in [3.05, 3.63) is 17.5 Å². The van der Waals surface area contributed by atoms with E-state index in [1.54, 1.807) is 0 Å². The van der Waals surface area contributed by atoms with Crippen molar-refractivity contribution in [1.82, 2.24) is 15.1 Å². The normalized spacial score (nSPS) is 23.1. The maximum absolute atomic E-state index is 5.59. The van der Waals surface area contributed by atoms with Crippen molar-refractivity contribution >= 4 is 0 Å². The van der Waals surface area contributed by atoms with E-state index >= 15 is 0 Å². The van der Waals surface area contributed by atoms with Gasteiger partial charge in [0.05, 0.1) is 17.9 Å². The third-order valence-corrected chi connectivity index (χ3v) is 2.79. The van der Waals surface area contributed by atoms with Gasteiger partial charge in [-0.15, -0.1) is 0 Å². The first-order valence-corrected chi connectivity index (χ1v) is 4.75. The van der Waals surface area contributed by atoms with E-state index in [2.05, 4.69) is 22.1 Å². The van der Waals surface area contributed by atoms with Crippen molar-refractivity contribution in [2.24, 2.45) is 5.73 Å². The number of fused-ring (bicyclic) bond motifs is 1. The Hall–Kier alpha value is -0.870. The lowest BCUT2D eigenvalue weighted by atomic mass is 9.98. The van der Waals surface area contributed by atoms with E-state index < -0.39 is 0 Å². The molecule has 13 heavy (non-hydrogen) atoms. The van der Waals surface area contributed by atoms with Crippen LogP contribution in [0.25, 0.3) is 0 Å². The van der Waals surface area contributed by atoms with Crippen molar-refractivity contribution in [3.8, 4) is 0 Å². The van der Waals surface area contributed by atoms with Gasteiger partial charge in [-0.3, -0.25) is 10.00 Å². The molecule has 0 aromatic carbocycles. The Kier molecular flexibility index (Phi) is 2.33. The first kappa shape index (κ1) is 8.72. The van der Waals surface area contributed by atoms with Crippen LogP contribution in [0, 0.1) is 0 Å². The smallest absolute Gasteiger partial charge is 0.0556 e. The molecule has 72 valence electrons. The second-order valence-corrected chi connectivity index (χ2v) is 3.63. The summed E-state index contributed by atoms with van der Waals surface area (Å²) in [5.74, 6) is 0. The minimum atomic E-state index is 0.441. The van der Waals surface area contributed by atoms with Crippen LogP contribution in [-0.2, 0) is 6.42 Å². The Morgan fingerprint density at radius 2 is 2.62 bits per heavy atom. The van der Waals surface area contributed by atoms with Gasteiger partial charge in [0.15, 0.2) is 0 Å². The van der Waals surface area contributed by atoms with Gasteiger partial charge in [0.2, 0.25) is 0 Å². The summed E-state index contributed by atoms with van der Waals surface area (Å²) in [6.45, 7) is 1.84. The number of aromatic nitrogens is 2. The minimum Gasteiger partial charge on any atom is -0.330 e. The van der Waals surface area contributed by atoms with Gasteiger partial charge in [-0.2, -0.15) is 5.10 Å². The van der Waals surface area contributed by atoms with Gasteiger partial charge < -0.3 is 5.73 Å².